The third-order valence-corrected chi connectivity index (χ3v) is 2.35. The molecule has 1 unspecified atom stereocenters. The Labute approximate surface area is 94.5 Å². The molecule has 1 N–H and O–H groups in total. The van der Waals surface area contributed by atoms with Gasteiger partial charge < -0.3 is 14.8 Å². The minimum atomic E-state index is 0.643. The highest BCUT2D eigenvalue weighted by Crippen LogP contribution is 2.00. The summed E-state index contributed by atoms with van der Waals surface area (Å²) in [5.74, 6) is 0. The van der Waals surface area contributed by atoms with Crippen LogP contribution in [0.25, 0.3) is 0 Å². The SMILES string of the molecule is CCCNC(C)CCCCOCCOC. The molecule has 0 heterocycles. The van der Waals surface area contributed by atoms with Gasteiger partial charge in [-0.2, -0.15) is 0 Å². The summed E-state index contributed by atoms with van der Waals surface area (Å²) in [6, 6.07) is 0.643. The molecule has 0 saturated carbocycles. The molecular formula is C12H27NO2. The summed E-state index contributed by atoms with van der Waals surface area (Å²) in [6.07, 6.45) is 4.85. The molecule has 92 valence electrons. The fraction of sp³-hybridized carbons (Fsp3) is 1.00. The van der Waals surface area contributed by atoms with Crippen LogP contribution in [0.3, 0.4) is 0 Å². The van der Waals surface area contributed by atoms with Crippen molar-refractivity contribution in [2.75, 3.05) is 33.5 Å². The largest absolute Gasteiger partial charge is 0.382 e. The summed E-state index contributed by atoms with van der Waals surface area (Å²) < 4.78 is 10.3. The Balaban J connectivity index is 3.02. The Kier molecular flexibility index (Phi) is 11.9. The number of rotatable bonds is 11. The van der Waals surface area contributed by atoms with E-state index in [4.69, 9.17) is 9.47 Å². The smallest absolute Gasteiger partial charge is 0.0700 e. The highest BCUT2D eigenvalue weighted by Gasteiger charge is 1.99. The first-order valence-electron chi connectivity index (χ1n) is 6.11. The normalized spacial score (nSPS) is 13.0. The highest BCUT2D eigenvalue weighted by atomic mass is 16.5. The molecule has 0 aromatic rings. The number of methoxy groups -OCH3 is 1. The van der Waals surface area contributed by atoms with Gasteiger partial charge in [-0.05, 0) is 39.2 Å². The van der Waals surface area contributed by atoms with Crippen LogP contribution >= 0.6 is 0 Å². The van der Waals surface area contributed by atoms with Gasteiger partial charge in [-0.15, -0.1) is 0 Å². The molecule has 0 spiro atoms. The van der Waals surface area contributed by atoms with Gasteiger partial charge >= 0.3 is 0 Å². The Morgan fingerprint density at radius 1 is 1.13 bits per heavy atom. The second-order valence-corrected chi connectivity index (χ2v) is 3.96. The lowest BCUT2D eigenvalue weighted by atomic mass is 10.1. The lowest BCUT2D eigenvalue weighted by Crippen LogP contribution is -2.26. The summed E-state index contributed by atoms with van der Waals surface area (Å²) in [7, 11) is 1.70. The fourth-order valence-electron chi connectivity index (χ4n) is 1.39. The number of unbranched alkanes of at least 4 members (excludes halogenated alkanes) is 1. The van der Waals surface area contributed by atoms with Crippen molar-refractivity contribution >= 4 is 0 Å². The van der Waals surface area contributed by atoms with E-state index in [1.54, 1.807) is 7.11 Å². The maximum atomic E-state index is 5.39. The Morgan fingerprint density at radius 3 is 2.60 bits per heavy atom. The van der Waals surface area contributed by atoms with Crippen LogP contribution in [0, 0.1) is 0 Å². The number of ether oxygens (including phenoxy) is 2. The Bertz CT molecular complexity index is 120. The molecule has 0 aliphatic heterocycles. The molecule has 0 aromatic carbocycles. The van der Waals surface area contributed by atoms with Gasteiger partial charge in [-0.3, -0.25) is 0 Å². The first kappa shape index (κ1) is 14.9. The average molecular weight is 217 g/mol. The van der Waals surface area contributed by atoms with Crippen molar-refractivity contribution in [2.45, 2.75) is 45.6 Å². The standard InChI is InChI=1S/C12H27NO2/c1-4-8-13-12(2)7-5-6-9-15-11-10-14-3/h12-13H,4-11H2,1-3H3. The fourth-order valence-corrected chi connectivity index (χ4v) is 1.39. The van der Waals surface area contributed by atoms with E-state index >= 15 is 0 Å². The molecule has 0 rings (SSSR count). The molecule has 3 heteroatoms. The van der Waals surface area contributed by atoms with Crippen LogP contribution in [0.2, 0.25) is 0 Å². The maximum Gasteiger partial charge on any atom is 0.0700 e. The van der Waals surface area contributed by atoms with Crippen molar-refractivity contribution in [2.24, 2.45) is 0 Å². The third-order valence-electron chi connectivity index (χ3n) is 2.35. The second-order valence-electron chi connectivity index (χ2n) is 3.96. The zero-order valence-electron chi connectivity index (χ0n) is 10.6. The van der Waals surface area contributed by atoms with Gasteiger partial charge in [-0.1, -0.05) is 6.92 Å². The molecule has 1 atom stereocenters. The van der Waals surface area contributed by atoms with Crippen LogP contribution < -0.4 is 5.32 Å². The first-order valence-corrected chi connectivity index (χ1v) is 6.11. The topological polar surface area (TPSA) is 30.5 Å². The monoisotopic (exact) mass is 217 g/mol. The molecule has 0 aliphatic carbocycles. The third kappa shape index (κ3) is 11.8. The van der Waals surface area contributed by atoms with Gasteiger partial charge in [0.25, 0.3) is 0 Å². The van der Waals surface area contributed by atoms with Crippen molar-refractivity contribution < 1.29 is 9.47 Å². The minimum absolute atomic E-state index is 0.643. The Morgan fingerprint density at radius 2 is 1.93 bits per heavy atom. The zero-order valence-corrected chi connectivity index (χ0v) is 10.6. The van der Waals surface area contributed by atoms with E-state index < -0.39 is 0 Å². The summed E-state index contributed by atoms with van der Waals surface area (Å²) >= 11 is 0. The van der Waals surface area contributed by atoms with E-state index in [0.29, 0.717) is 12.6 Å². The predicted molar refractivity (Wildman–Crippen MR) is 64.3 cm³/mol. The van der Waals surface area contributed by atoms with Crippen molar-refractivity contribution in [1.82, 2.24) is 5.32 Å². The van der Waals surface area contributed by atoms with E-state index in [1.807, 2.05) is 0 Å². The predicted octanol–water partition coefficient (Wildman–Crippen LogP) is 2.21. The van der Waals surface area contributed by atoms with Gasteiger partial charge in [0.1, 0.15) is 0 Å². The van der Waals surface area contributed by atoms with Crippen molar-refractivity contribution in [3.8, 4) is 0 Å². The van der Waals surface area contributed by atoms with Crippen LogP contribution in [-0.2, 0) is 9.47 Å². The van der Waals surface area contributed by atoms with Crippen molar-refractivity contribution in [3.05, 3.63) is 0 Å². The van der Waals surface area contributed by atoms with E-state index in [1.165, 1.54) is 19.3 Å². The van der Waals surface area contributed by atoms with Crippen LogP contribution in [0.1, 0.15) is 39.5 Å². The van der Waals surface area contributed by atoms with Crippen LogP contribution in [0.5, 0.6) is 0 Å². The minimum Gasteiger partial charge on any atom is -0.382 e. The molecule has 0 saturated heterocycles. The molecule has 0 amide bonds. The van der Waals surface area contributed by atoms with Gasteiger partial charge in [0, 0.05) is 19.8 Å². The van der Waals surface area contributed by atoms with Crippen molar-refractivity contribution in [3.63, 3.8) is 0 Å². The lowest BCUT2D eigenvalue weighted by Gasteiger charge is -2.12. The van der Waals surface area contributed by atoms with E-state index in [9.17, 15) is 0 Å². The molecule has 0 aliphatic rings. The van der Waals surface area contributed by atoms with Gasteiger partial charge in [0.15, 0.2) is 0 Å². The summed E-state index contributed by atoms with van der Waals surface area (Å²) in [5.41, 5.74) is 0. The molecular weight excluding hydrogens is 190 g/mol. The van der Waals surface area contributed by atoms with Crippen LogP contribution in [-0.4, -0.2) is 39.5 Å². The summed E-state index contributed by atoms with van der Waals surface area (Å²) in [5, 5.41) is 3.48. The van der Waals surface area contributed by atoms with Gasteiger partial charge in [0.2, 0.25) is 0 Å². The average Bonchev–Trinajstić information content (AvgIpc) is 2.25. The van der Waals surface area contributed by atoms with E-state index in [-0.39, 0.29) is 0 Å². The first-order chi connectivity index (χ1) is 7.31. The number of hydrogen-bond donors (Lipinski definition) is 1. The van der Waals surface area contributed by atoms with E-state index in [0.717, 1.165) is 26.2 Å². The Hall–Kier alpha value is -0.120. The lowest BCUT2D eigenvalue weighted by molar-refractivity contribution is 0.0684. The maximum absolute atomic E-state index is 5.39. The van der Waals surface area contributed by atoms with E-state index in [2.05, 4.69) is 19.2 Å². The molecule has 0 radical (unpaired) electrons. The quantitative estimate of drug-likeness (QED) is 0.538. The zero-order chi connectivity index (χ0) is 11.4. The highest BCUT2D eigenvalue weighted by molar-refractivity contribution is 4.59. The van der Waals surface area contributed by atoms with Crippen LogP contribution in [0.4, 0.5) is 0 Å². The molecule has 15 heavy (non-hydrogen) atoms. The summed E-state index contributed by atoms with van der Waals surface area (Å²) in [6.45, 7) is 7.87. The summed E-state index contributed by atoms with van der Waals surface area (Å²) in [4.78, 5) is 0. The molecule has 3 nitrogen and oxygen atoms in total. The molecule has 0 fully saturated rings. The molecule has 0 bridgehead atoms. The second kappa shape index (κ2) is 12.0. The molecule has 0 aromatic heterocycles. The van der Waals surface area contributed by atoms with Gasteiger partial charge in [0.05, 0.1) is 13.2 Å². The van der Waals surface area contributed by atoms with Crippen molar-refractivity contribution in [1.29, 1.82) is 0 Å². The van der Waals surface area contributed by atoms with Gasteiger partial charge in [-0.25, -0.2) is 0 Å². The number of hydrogen-bond acceptors (Lipinski definition) is 3. The number of nitrogens with one attached hydrogen (secondary N) is 1. The van der Waals surface area contributed by atoms with Crippen LogP contribution in [0.15, 0.2) is 0 Å².